The molecule has 0 fully saturated rings. The highest BCUT2D eigenvalue weighted by Crippen LogP contribution is 2.30. The lowest BCUT2D eigenvalue weighted by atomic mass is 10.1. The van der Waals surface area contributed by atoms with Crippen molar-refractivity contribution in [2.24, 2.45) is 5.10 Å². The number of hydrogen-bond donors (Lipinski definition) is 1. The highest BCUT2D eigenvalue weighted by atomic mass is 35.5. The fraction of sp³-hybridized carbons (Fsp3) is 0.158. The number of phenolic OH excluding ortho intramolecular Hbond substituents is 1. The summed E-state index contributed by atoms with van der Waals surface area (Å²) < 4.78 is 5.38. The number of amides is 1. The first kappa shape index (κ1) is 17.0. The van der Waals surface area contributed by atoms with Crippen LogP contribution >= 0.6 is 11.6 Å². The fourth-order valence-corrected chi connectivity index (χ4v) is 2.63. The van der Waals surface area contributed by atoms with Crippen LogP contribution in [0.25, 0.3) is 6.08 Å². The van der Waals surface area contributed by atoms with E-state index < -0.39 is 0 Å². The Bertz CT molecular complexity index is 873. The van der Waals surface area contributed by atoms with E-state index in [1.807, 2.05) is 6.92 Å². The molecule has 1 aliphatic heterocycles. The van der Waals surface area contributed by atoms with Crippen molar-refractivity contribution in [3.63, 3.8) is 0 Å². The van der Waals surface area contributed by atoms with Gasteiger partial charge in [-0.05, 0) is 61.9 Å². The molecule has 1 aliphatic rings. The number of carbonyl (C=O) groups is 1. The Morgan fingerprint density at radius 2 is 1.96 bits per heavy atom. The Hall–Kier alpha value is -2.79. The molecular weight excluding hydrogens is 340 g/mol. The van der Waals surface area contributed by atoms with E-state index in [1.165, 1.54) is 5.01 Å². The van der Waals surface area contributed by atoms with Gasteiger partial charge in [-0.3, -0.25) is 4.79 Å². The molecule has 2 aromatic carbocycles. The van der Waals surface area contributed by atoms with Gasteiger partial charge >= 0.3 is 0 Å². The predicted octanol–water partition coefficient (Wildman–Crippen LogP) is 4.25. The molecule has 1 N–H and O–H groups in total. The first-order valence-electron chi connectivity index (χ1n) is 7.82. The quantitative estimate of drug-likeness (QED) is 0.833. The molecule has 0 bridgehead atoms. The van der Waals surface area contributed by atoms with Crippen LogP contribution in [-0.4, -0.2) is 23.3 Å². The van der Waals surface area contributed by atoms with Crippen LogP contribution in [0.4, 0.5) is 5.69 Å². The second kappa shape index (κ2) is 6.99. The van der Waals surface area contributed by atoms with Crippen molar-refractivity contribution < 1.29 is 14.6 Å². The average Bonchev–Trinajstić information content (AvgIpc) is 2.87. The van der Waals surface area contributed by atoms with Gasteiger partial charge in [0, 0.05) is 5.02 Å². The third kappa shape index (κ3) is 3.51. The van der Waals surface area contributed by atoms with Crippen LogP contribution in [0, 0.1) is 0 Å². The molecule has 6 heteroatoms. The molecule has 0 saturated heterocycles. The van der Waals surface area contributed by atoms with Gasteiger partial charge in [0.25, 0.3) is 5.91 Å². The van der Waals surface area contributed by atoms with E-state index in [9.17, 15) is 9.90 Å². The second-order valence-electron chi connectivity index (χ2n) is 5.50. The summed E-state index contributed by atoms with van der Waals surface area (Å²) in [6.45, 7) is 4.06. The van der Waals surface area contributed by atoms with Gasteiger partial charge in [-0.25, -0.2) is 0 Å². The van der Waals surface area contributed by atoms with Crippen LogP contribution in [0.1, 0.15) is 19.4 Å². The Morgan fingerprint density at radius 1 is 1.24 bits per heavy atom. The van der Waals surface area contributed by atoms with Crippen molar-refractivity contribution in [3.05, 3.63) is 58.6 Å². The van der Waals surface area contributed by atoms with E-state index in [1.54, 1.807) is 55.5 Å². The van der Waals surface area contributed by atoms with Gasteiger partial charge in [0.05, 0.1) is 23.6 Å². The maximum Gasteiger partial charge on any atom is 0.280 e. The molecule has 25 heavy (non-hydrogen) atoms. The van der Waals surface area contributed by atoms with E-state index in [0.29, 0.717) is 34.4 Å². The molecule has 1 heterocycles. The van der Waals surface area contributed by atoms with Crippen LogP contribution in [0.2, 0.25) is 5.02 Å². The van der Waals surface area contributed by atoms with Gasteiger partial charge in [-0.2, -0.15) is 10.1 Å². The van der Waals surface area contributed by atoms with E-state index in [2.05, 4.69) is 5.10 Å². The highest BCUT2D eigenvalue weighted by molar-refractivity contribution is 6.32. The average molecular weight is 357 g/mol. The summed E-state index contributed by atoms with van der Waals surface area (Å²) in [4.78, 5) is 12.7. The third-order valence-electron chi connectivity index (χ3n) is 3.73. The number of halogens is 1. The second-order valence-corrected chi connectivity index (χ2v) is 5.93. The summed E-state index contributed by atoms with van der Waals surface area (Å²) in [7, 11) is 0. The van der Waals surface area contributed by atoms with Gasteiger partial charge in [0.1, 0.15) is 0 Å². The first-order chi connectivity index (χ1) is 12.0. The van der Waals surface area contributed by atoms with Crippen LogP contribution in [0.5, 0.6) is 11.5 Å². The highest BCUT2D eigenvalue weighted by Gasteiger charge is 2.28. The minimum atomic E-state index is -0.217. The number of benzene rings is 2. The van der Waals surface area contributed by atoms with Crippen LogP contribution in [0.15, 0.2) is 53.1 Å². The summed E-state index contributed by atoms with van der Waals surface area (Å²) in [6, 6.07) is 11.9. The summed E-state index contributed by atoms with van der Waals surface area (Å²) >= 11 is 5.89. The lowest BCUT2D eigenvalue weighted by Gasteiger charge is -2.11. The van der Waals surface area contributed by atoms with Gasteiger partial charge in [0.15, 0.2) is 11.5 Å². The minimum absolute atomic E-state index is 0.0647. The number of anilines is 1. The third-order valence-corrected chi connectivity index (χ3v) is 3.98. The van der Waals surface area contributed by atoms with Crippen molar-refractivity contribution in [1.82, 2.24) is 0 Å². The van der Waals surface area contributed by atoms with E-state index >= 15 is 0 Å². The molecule has 0 radical (unpaired) electrons. The standard InChI is InChI=1S/C19H17ClN2O3/c1-3-25-18-11-13(4-9-17(18)23)10-16-12(2)21-22(19(16)24)15-7-5-14(20)6-8-15/h4-11,23H,3H2,1-2H3/b16-10+. The molecule has 1 amide bonds. The van der Waals surface area contributed by atoms with Gasteiger partial charge in [-0.1, -0.05) is 17.7 Å². The van der Waals surface area contributed by atoms with Crippen LogP contribution in [-0.2, 0) is 4.79 Å². The number of ether oxygens (including phenoxy) is 1. The number of hydrazone groups is 1. The predicted molar refractivity (Wildman–Crippen MR) is 99.3 cm³/mol. The Balaban J connectivity index is 1.92. The van der Waals surface area contributed by atoms with Crippen molar-refractivity contribution in [2.45, 2.75) is 13.8 Å². The van der Waals surface area contributed by atoms with Crippen molar-refractivity contribution in [2.75, 3.05) is 11.6 Å². The zero-order valence-corrected chi connectivity index (χ0v) is 14.6. The summed E-state index contributed by atoms with van der Waals surface area (Å²) in [5, 5.41) is 16.1. The number of phenols is 1. The Kier molecular flexibility index (Phi) is 4.76. The largest absolute Gasteiger partial charge is 0.504 e. The SMILES string of the molecule is CCOc1cc(/C=C2/C(=O)N(c3ccc(Cl)cc3)N=C2C)ccc1O. The van der Waals surface area contributed by atoms with E-state index in [-0.39, 0.29) is 11.7 Å². The van der Waals surface area contributed by atoms with E-state index in [0.717, 1.165) is 5.56 Å². The molecule has 3 rings (SSSR count). The number of aromatic hydroxyl groups is 1. The molecule has 2 aromatic rings. The Labute approximate surface area is 150 Å². The molecule has 0 atom stereocenters. The fourth-order valence-electron chi connectivity index (χ4n) is 2.50. The monoisotopic (exact) mass is 356 g/mol. The maximum atomic E-state index is 12.7. The molecule has 5 nitrogen and oxygen atoms in total. The summed E-state index contributed by atoms with van der Waals surface area (Å²) in [5.74, 6) is 0.229. The van der Waals surface area contributed by atoms with Crippen LogP contribution in [0.3, 0.4) is 0 Å². The Morgan fingerprint density at radius 3 is 2.64 bits per heavy atom. The zero-order valence-electron chi connectivity index (χ0n) is 13.9. The summed E-state index contributed by atoms with van der Waals surface area (Å²) in [5.41, 5.74) is 2.50. The molecule has 0 saturated carbocycles. The number of hydrogen-bond acceptors (Lipinski definition) is 4. The van der Waals surface area contributed by atoms with Crippen LogP contribution < -0.4 is 9.75 Å². The van der Waals surface area contributed by atoms with E-state index in [4.69, 9.17) is 16.3 Å². The van der Waals surface area contributed by atoms with Gasteiger partial charge < -0.3 is 9.84 Å². The normalized spacial score (nSPS) is 15.6. The van der Waals surface area contributed by atoms with Gasteiger partial charge in [0.2, 0.25) is 0 Å². The molecule has 128 valence electrons. The molecule has 0 unspecified atom stereocenters. The lowest BCUT2D eigenvalue weighted by Crippen LogP contribution is -2.21. The molecular formula is C19H17ClN2O3. The van der Waals surface area contributed by atoms with Crippen molar-refractivity contribution >= 4 is 35.0 Å². The molecule has 0 aliphatic carbocycles. The minimum Gasteiger partial charge on any atom is -0.504 e. The zero-order chi connectivity index (χ0) is 18.0. The van der Waals surface area contributed by atoms with Crippen molar-refractivity contribution in [1.29, 1.82) is 0 Å². The molecule has 0 aromatic heterocycles. The van der Waals surface area contributed by atoms with Gasteiger partial charge in [-0.15, -0.1) is 0 Å². The smallest absolute Gasteiger partial charge is 0.280 e. The lowest BCUT2D eigenvalue weighted by molar-refractivity contribution is -0.114. The van der Waals surface area contributed by atoms with Crippen molar-refractivity contribution in [3.8, 4) is 11.5 Å². The summed E-state index contributed by atoms with van der Waals surface area (Å²) in [6.07, 6.45) is 1.74. The first-order valence-corrected chi connectivity index (χ1v) is 8.20. The number of nitrogens with zero attached hydrogens (tertiary/aromatic N) is 2. The number of rotatable bonds is 4. The topological polar surface area (TPSA) is 62.1 Å². The molecule has 0 spiro atoms. The maximum absolute atomic E-state index is 12.7. The number of carbonyl (C=O) groups excluding carboxylic acids is 1.